The van der Waals surface area contributed by atoms with Crippen LogP contribution in [0.3, 0.4) is 0 Å². The third-order valence-electron chi connectivity index (χ3n) is 2.81. The van der Waals surface area contributed by atoms with Crippen molar-refractivity contribution in [2.75, 3.05) is 45.0 Å². The molecular formula is C17H24N2O5. The fourth-order valence-corrected chi connectivity index (χ4v) is 1.66. The van der Waals surface area contributed by atoms with Gasteiger partial charge in [0.15, 0.2) is 0 Å². The molecule has 0 spiro atoms. The van der Waals surface area contributed by atoms with Crippen molar-refractivity contribution >= 4 is 11.4 Å². The summed E-state index contributed by atoms with van der Waals surface area (Å²) in [5.74, 6) is 1.46. The molecule has 132 valence electrons. The summed E-state index contributed by atoms with van der Waals surface area (Å²) in [4.78, 5) is 0. The SMILES string of the molecule is COc1cccc(O)c1.Nc1ccc(N)c(OCCOCCO)c1. The van der Waals surface area contributed by atoms with Gasteiger partial charge < -0.3 is 35.9 Å². The number of aliphatic hydroxyl groups excluding tert-OH is 1. The van der Waals surface area contributed by atoms with Crippen molar-refractivity contribution in [3.8, 4) is 17.2 Å². The van der Waals surface area contributed by atoms with Crippen LogP contribution in [0.4, 0.5) is 11.4 Å². The highest BCUT2D eigenvalue weighted by Gasteiger charge is 2.00. The number of ether oxygens (including phenoxy) is 3. The first kappa shape index (κ1) is 19.4. The molecule has 0 aliphatic heterocycles. The topological polar surface area (TPSA) is 120 Å². The summed E-state index contributed by atoms with van der Waals surface area (Å²) < 4.78 is 15.2. The molecule has 7 nitrogen and oxygen atoms in total. The van der Waals surface area contributed by atoms with Crippen LogP contribution in [-0.4, -0.2) is 43.8 Å². The second-order valence-electron chi connectivity index (χ2n) is 4.68. The highest BCUT2D eigenvalue weighted by atomic mass is 16.5. The van der Waals surface area contributed by atoms with Crippen molar-refractivity contribution in [3.05, 3.63) is 42.5 Å². The Hall–Kier alpha value is -2.64. The molecule has 0 saturated heterocycles. The van der Waals surface area contributed by atoms with Crippen molar-refractivity contribution < 1.29 is 24.4 Å². The van der Waals surface area contributed by atoms with Crippen molar-refractivity contribution in [3.63, 3.8) is 0 Å². The molecule has 2 rings (SSSR count). The molecule has 2 aromatic rings. The number of rotatable bonds is 7. The monoisotopic (exact) mass is 336 g/mol. The van der Waals surface area contributed by atoms with Gasteiger partial charge in [0.2, 0.25) is 0 Å². The van der Waals surface area contributed by atoms with E-state index in [1.54, 1.807) is 49.6 Å². The maximum Gasteiger partial charge on any atom is 0.144 e. The second kappa shape index (κ2) is 11.0. The van der Waals surface area contributed by atoms with Gasteiger partial charge in [-0.1, -0.05) is 6.07 Å². The number of aromatic hydroxyl groups is 1. The summed E-state index contributed by atoms with van der Waals surface area (Å²) in [5.41, 5.74) is 12.4. The average Bonchev–Trinajstić information content (AvgIpc) is 2.58. The van der Waals surface area contributed by atoms with Crippen LogP contribution in [0.15, 0.2) is 42.5 Å². The summed E-state index contributed by atoms with van der Waals surface area (Å²) in [5, 5.41) is 17.3. The first-order valence-electron chi connectivity index (χ1n) is 7.36. The van der Waals surface area contributed by atoms with Gasteiger partial charge in [0, 0.05) is 17.8 Å². The van der Waals surface area contributed by atoms with E-state index < -0.39 is 0 Å². The number of hydrogen-bond acceptors (Lipinski definition) is 7. The zero-order chi connectivity index (χ0) is 17.8. The molecule has 6 N–H and O–H groups in total. The Morgan fingerprint density at radius 2 is 1.79 bits per heavy atom. The molecule has 0 aromatic heterocycles. The summed E-state index contributed by atoms with van der Waals surface area (Å²) in [6, 6.07) is 11.7. The molecule has 0 heterocycles. The van der Waals surface area contributed by atoms with Crippen LogP contribution in [0.5, 0.6) is 17.2 Å². The van der Waals surface area contributed by atoms with Gasteiger partial charge in [0.1, 0.15) is 23.9 Å². The van der Waals surface area contributed by atoms with Crippen molar-refractivity contribution in [1.82, 2.24) is 0 Å². The molecule has 0 aliphatic carbocycles. The van der Waals surface area contributed by atoms with Gasteiger partial charge >= 0.3 is 0 Å². The first-order valence-corrected chi connectivity index (χ1v) is 7.36. The third-order valence-corrected chi connectivity index (χ3v) is 2.81. The standard InChI is InChI=1S/C10H16N2O3.C7H8O2/c11-8-1-2-9(12)10(7-8)15-6-5-14-4-3-13;1-9-7-4-2-3-6(8)5-7/h1-2,7,13H,3-6,11-12H2;2-5,8H,1H3. The van der Waals surface area contributed by atoms with E-state index in [4.69, 9.17) is 35.9 Å². The minimum Gasteiger partial charge on any atom is -0.508 e. The number of methoxy groups -OCH3 is 1. The fourth-order valence-electron chi connectivity index (χ4n) is 1.66. The van der Waals surface area contributed by atoms with E-state index in [1.165, 1.54) is 0 Å². The number of benzene rings is 2. The zero-order valence-electron chi connectivity index (χ0n) is 13.6. The van der Waals surface area contributed by atoms with E-state index in [1.807, 2.05) is 0 Å². The van der Waals surface area contributed by atoms with Crippen LogP contribution < -0.4 is 20.9 Å². The van der Waals surface area contributed by atoms with E-state index >= 15 is 0 Å². The average molecular weight is 336 g/mol. The van der Waals surface area contributed by atoms with E-state index in [9.17, 15) is 0 Å². The van der Waals surface area contributed by atoms with Crippen molar-refractivity contribution in [1.29, 1.82) is 0 Å². The predicted molar refractivity (Wildman–Crippen MR) is 93.3 cm³/mol. The Kier molecular flexibility index (Phi) is 8.88. The second-order valence-corrected chi connectivity index (χ2v) is 4.68. The van der Waals surface area contributed by atoms with Gasteiger partial charge in [-0.25, -0.2) is 0 Å². The molecule has 0 aliphatic rings. The van der Waals surface area contributed by atoms with Gasteiger partial charge in [-0.15, -0.1) is 0 Å². The first-order chi connectivity index (χ1) is 11.6. The Bertz CT molecular complexity index is 607. The van der Waals surface area contributed by atoms with Crippen LogP contribution in [0.25, 0.3) is 0 Å². The molecule has 0 saturated carbocycles. The van der Waals surface area contributed by atoms with Crippen LogP contribution in [0, 0.1) is 0 Å². The lowest BCUT2D eigenvalue weighted by molar-refractivity contribution is 0.0707. The van der Waals surface area contributed by atoms with Crippen molar-refractivity contribution in [2.45, 2.75) is 0 Å². The minimum atomic E-state index is 0.0143. The lowest BCUT2D eigenvalue weighted by Crippen LogP contribution is -2.10. The summed E-state index contributed by atoms with van der Waals surface area (Å²) in [6.45, 7) is 1.12. The molecule has 24 heavy (non-hydrogen) atoms. The van der Waals surface area contributed by atoms with Gasteiger partial charge in [-0.3, -0.25) is 0 Å². The number of nitrogens with two attached hydrogens (primary N) is 2. The summed E-state index contributed by atoms with van der Waals surface area (Å²) in [6.07, 6.45) is 0. The number of phenolic OH excluding ortho intramolecular Hbond substituents is 1. The minimum absolute atomic E-state index is 0.0143. The van der Waals surface area contributed by atoms with Gasteiger partial charge in [0.25, 0.3) is 0 Å². The highest BCUT2D eigenvalue weighted by Crippen LogP contribution is 2.23. The lowest BCUT2D eigenvalue weighted by Gasteiger charge is -2.09. The van der Waals surface area contributed by atoms with Crippen LogP contribution in [0.1, 0.15) is 0 Å². The van der Waals surface area contributed by atoms with E-state index in [0.29, 0.717) is 42.7 Å². The van der Waals surface area contributed by atoms with E-state index in [0.717, 1.165) is 0 Å². The normalized spacial score (nSPS) is 9.75. The van der Waals surface area contributed by atoms with Gasteiger partial charge in [-0.05, 0) is 24.3 Å². The number of anilines is 2. The fraction of sp³-hybridized carbons (Fsp3) is 0.294. The number of aliphatic hydroxyl groups is 1. The Labute approximate surface area is 141 Å². The number of hydrogen-bond donors (Lipinski definition) is 4. The molecule has 7 heteroatoms. The lowest BCUT2D eigenvalue weighted by atomic mass is 10.2. The quantitative estimate of drug-likeness (QED) is 0.448. The molecule has 0 radical (unpaired) electrons. The van der Waals surface area contributed by atoms with Crippen LogP contribution in [-0.2, 0) is 4.74 Å². The Morgan fingerprint density at radius 3 is 2.42 bits per heavy atom. The predicted octanol–water partition coefficient (Wildman–Crippen LogP) is 1.64. The Balaban J connectivity index is 0.000000272. The largest absolute Gasteiger partial charge is 0.508 e. The highest BCUT2D eigenvalue weighted by molar-refractivity contribution is 5.59. The molecule has 0 unspecified atom stereocenters. The maximum atomic E-state index is 8.86. The number of nitrogen functional groups attached to an aromatic ring is 2. The molecule has 0 fully saturated rings. The van der Waals surface area contributed by atoms with Crippen LogP contribution in [0.2, 0.25) is 0 Å². The third kappa shape index (κ3) is 7.57. The van der Waals surface area contributed by atoms with E-state index in [2.05, 4.69) is 0 Å². The molecule has 0 atom stereocenters. The summed E-state index contributed by atoms with van der Waals surface area (Å²) in [7, 11) is 1.56. The molecule has 2 aromatic carbocycles. The molecule has 0 bridgehead atoms. The van der Waals surface area contributed by atoms with Crippen LogP contribution >= 0.6 is 0 Å². The smallest absolute Gasteiger partial charge is 0.144 e. The summed E-state index contributed by atoms with van der Waals surface area (Å²) >= 11 is 0. The van der Waals surface area contributed by atoms with Gasteiger partial charge in [-0.2, -0.15) is 0 Å². The van der Waals surface area contributed by atoms with E-state index in [-0.39, 0.29) is 12.4 Å². The van der Waals surface area contributed by atoms with Gasteiger partial charge in [0.05, 0.1) is 32.6 Å². The molecule has 0 amide bonds. The number of phenols is 1. The Morgan fingerprint density at radius 1 is 1.00 bits per heavy atom. The maximum absolute atomic E-state index is 8.86. The zero-order valence-corrected chi connectivity index (χ0v) is 13.6. The molecular weight excluding hydrogens is 312 g/mol. The van der Waals surface area contributed by atoms with Crippen molar-refractivity contribution in [2.24, 2.45) is 0 Å².